The molecule has 0 aliphatic carbocycles. The number of anilines is 1. The number of halogens is 2. The molecule has 2 nitrogen and oxygen atoms in total. The predicted octanol–water partition coefficient (Wildman–Crippen LogP) is 5.47. The third kappa shape index (κ3) is 3.03. The molecule has 0 spiro atoms. The predicted molar refractivity (Wildman–Crippen MR) is 92.8 cm³/mol. The number of fused-ring (bicyclic) bond motifs is 1. The SMILES string of the molecule is Cc1csc(C(Br)c2ccc3c(c2)CCCC(=O)N3)c1Cl. The van der Waals surface area contributed by atoms with Crippen LogP contribution in [-0.2, 0) is 11.2 Å². The largest absolute Gasteiger partial charge is 0.326 e. The maximum absolute atomic E-state index is 11.6. The van der Waals surface area contributed by atoms with Crippen LogP contribution in [0, 0.1) is 6.92 Å². The second-order valence-corrected chi connectivity index (χ2v) is 7.48. The lowest BCUT2D eigenvalue weighted by molar-refractivity contribution is -0.116. The van der Waals surface area contributed by atoms with Crippen LogP contribution in [0.15, 0.2) is 23.6 Å². The summed E-state index contributed by atoms with van der Waals surface area (Å²) < 4.78 is 0. The number of aryl methyl sites for hydroxylation is 2. The molecule has 1 N–H and O–H groups in total. The van der Waals surface area contributed by atoms with E-state index in [9.17, 15) is 4.79 Å². The summed E-state index contributed by atoms with van der Waals surface area (Å²) >= 11 is 11.8. The van der Waals surface area contributed by atoms with Crippen LogP contribution in [0.2, 0.25) is 5.02 Å². The molecule has 1 atom stereocenters. The summed E-state index contributed by atoms with van der Waals surface area (Å²) in [5.74, 6) is 0.105. The van der Waals surface area contributed by atoms with Gasteiger partial charge in [0.1, 0.15) is 0 Å². The summed E-state index contributed by atoms with van der Waals surface area (Å²) in [5.41, 5.74) is 4.43. The van der Waals surface area contributed by atoms with Crippen molar-refractivity contribution < 1.29 is 4.79 Å². The van der Waals surface area contributed by atoms with Crippen molar-refractivity contribution in [1.29, 1.82) is 0 Å². The lowest BCUT2D eigenvalue weighted by atomic mass is 10.0. The van der Waals surface area contributed by atoms with Crippen molar-refractivity contribution in [3.63, 3.8) is 0 Å². The smallest absolute Gasteiger partial charge is 0.224 e. The Morgan fingerprint density at radius 3 is 2.90 bits per heavy atom. The minimum Gasteiger partial charge on any atom is -0.326 e. The monoisotopic (exact) mass is 383 g/mol. The zero-order chi connectivity index (χ0) is 15.0. The number of hydrogen-bond donors (Lipinski definition) is 1. The molecule has 21 heavy (non-hydrogen) atoms. The summed E-state index contributed by atoms with van der Waals surface area (Å²) in [4.78, 5) is 12.8. The molecule has 0 bridgehead atoms. The first-order valence-electron chi connectivity index (χ1n) is 6.86. The van der Waals surface area contributed by atoms with Crippen LogP contribution in [0.1, 0.15) is 39.2 Å². The Hall–Kier alpha value is -0.840. The molecular weight excluding hydrogens is 370 g/mol. The molecule has 0 radical (unpaired) electrons. The lowest BCUT2D eigenvalue weighted by Crippen LogP contribution is -2.09. The van der Waals surface area contributed by atoms with Crippen molar-refractivity contribution in [2.45, 2.75) is 31.0 Å². The van der Waals surface area contributed by atoms with Crippen LogP contribution < -0.4 is 5.32 Å². The van der Waals surface area contributed by atoms with Gasteiger partial charge in [0.2, 0.25) is 5.91 Å². The number of thiophene rings is 1. The molecule has 2 aromatic rings. The maximum atomic E-state index is 11.6. The second kappa shape index (κ2) is 6.11. The van der Waals surface area contributed by atoms with E-state index in [1.165, 1.54) is 11.1 Å². The molecule has 1 aromatic heterocycles. The van der Waals surface area contributed by atoms with Gasteiger partial charge < -0.3 is 5.32 Å². The fourth-order valence-electron chi connectivity index (χ4n) is 2.52. The van der Waals surface area contributed by atoms with E-state index in [1.807, 2.05) is 13.0 Å². The minimum atomic E-state index is 0.0907. The summed E-state index contributed by atoms with van der Waals surface area (Å²) in [5, 5.41) is 5.88. The molecule has 1 aliphatic rings. The fourth-order valence-corrected chi connectivity index (χ4v) is 4.80. The van der Waals surface area contributed by atoms with Gasteiger partial charge in [0.05, 0.1) is 9.85 Å². The van der Waals surface area contributed by atoms with E-state index in [2.05, 4.69) is 38.8 Å². The highest BCUT2D eigenvalue weighted by Crippen LogP contribution is 2.41. The molecule has 0 saturated carbocycles. The van der Waals surface area contributed by atoms with Crippen LogP contribution in [0.25, 0.3) is 0 Å². The number of carbonyl (C=O) groups excluding carboxylic acids is 1. The van der Waals surface area contributed by atoms with Gasteiger partial charge in [-0.15, -0.1) is 11.3 Å². The Morgan fingerprint density at radius 2 is 2.19 bits per heavy atom. The topological polar surface area (TPSA) is 29.1 Å². The Bertz CT molecular complexity index is 698. The van der Waals surface area contributed by atoms with E-state index in [4.69, 9.17) is 11.6 Å². The highest BCUT2D eigenvalue weighted by Gasteiger charge is 2.19. The molecule has 110 valence electrons. The van der Waals surface area contributed by atoms with Gasteiger partial charge in [0.15, 0.2) is 0 Å². The first-order chi connectivity index (χ1) is 10.1. The molecule has 1 aromatic carbocycles. The van der Waals surface area contributed by atoms with E-state index in [-0.39, 0.29) is 10.7 Å². The van der Waals surface area contributed by atoms with Gasteiger partial charge in [-0.1, -0.05) is 39.7 Å². The Kier molecular flexibility index (Phi) is 4.38. The third-order valence-corrected chi connectivity index (χ3v) is 6.77. The summed E-state index contributed by atoms with van der Waals surface area (Å²) in [6.07, 6.45) is 2.42. The van der Waals surface area contributed by atoms with Gasteiger partial charge in [0, 0.05) is 17.0 Å². The van der Waals surface area contributed by atoms with Gasteiger partial charge in [-0.05, 0) is 47.9 Å². The van der Waals surface area contributed by atoms with Gasteiger partial charge in [0.25, 0.3) is 0 Å². The average molecular weight is 385 g/mol. The number of rotatable bonds is 2. The average Bonchev–Trinajstić information content (AvgIpc) is 2.69. The third-order valence-electron chi connectivity index (χ3n) is 3.70. The summed E-state index contributed by atoms with van der Waals surface area (Å²) in [7, 11) is 0. The molecule has 0 fully saturated rings. The van der Waals surface area contributed by atoms with E-state index in [0.717, 1.165) is 34.0 Å². The van der Waals surface area contributed by atoms with E-state index in [0.29, 0.717) is 6.42 Å². The molecule has 1 amide bonds. The zero-order valence-corrected chi connectivity index (χ0v) is 14.7. The van der Waals surface area contributed by atoms with Crippen molar-refractivity contribution in [2.24, 2.45) is 0 Å². The van der Waals surface area contributed by atoms with Crippen molar-refractivity contribution in [3.05, 3.63) is 50.2 Å². The number of alkyl halides is 1. The van der Waals surface area contributed by atoms with Crippen LogP contribution in [-0.4, -0.2) is 5.91 Å². The van der Waals surface area contributed by atoms with Crippen molar-refractivity contribution in [2.75, 3.05) is 5.32 Å². The summed E-state index contributed by atoms with van der Waals surface area (Å²) in [6.45, 7) is 2.02. The number of nitrogens with one attached hydrogen (secondary N) is 1. The maximum Gasteiger partial charge on any atom is 0.224 e. The first-order valence-corrected chi connectivity index (χ1v) is 9.04. The Labute approximate surface area is 141 Å². The highest BCUT2D eigenvalue weighted by molar-refractivity contribution is 9.09. The van der Waals surface area contributed by atoms with Crippen LogP contribution in [0.4, 0.5) is 5.69 Å². The molecule has 5 heteroatoms. The van der Waals surface area contributed by atoms with Gasteiger partial charge in [-0.3, -0.25) is 4.79 Å². The molecule has 1 unspecified atom stereocenters. The van der Waals surface area contributed by atoms with Gasteiger partial charge >= 0.3 is 0 Å². The van der Waals surface area contributed by atoms with E-state index >= 15 is 0 Å². The Morgan fingerprint density at radius 1 is 1.38 bits per heavy atom. The molecule has 1 aliphatic heterocycles. The van der Waals surface area contributed by atoms with Crippen molar-refractivity contribution >= 4 is 50.5 Å². The molecule has 3 rings (SSSR count). The highest BCUT2D eigenvalue weighted by atomic mass is 79.9. The standard InChI is InChI=1S/C16H15BrClNOS/c1-9-8-21-16(15(9)18)14(17)11-5-6-12-10(7-11)3-2-4-13(20)19-12/h5-8,14H,2-4H2,1H3,(H,19,20). The number of hydrogen-bond acceptors (Lipinski definition) is 2. The van der Waals surface area contributed by atoms with Crippen LogP contribution in [0.5, 0.6) is 0 Å². The van der Waals surface area contributed by atoms with Crippen LogP contribution >= 0.6 is 38.9 Å². The zero-order valence-electron chi connectivity index (χ0n) is 11.6. The lowest BCUT2D eigenvalue weighted by Gasteiger charge is -2.13. The van der Waals surface area contributed by atoms with Gasteiger partial charge in [-0.25, -0.2) is 0 Å². The molecule has 2 heterocycles. The summed E-state index contributed by atoms with van der Waals surface area (Å²) in [6, 6.07) is 6.22. The second-order valence-electron chi connectivity index (χ2n) is 5.28. The first kappa shape index (κ1) is 15.1. The van der Waals surface area contributed by atoms with Crippen LogP contribution in [0.3, 0.4) is 0 Å². The number of amides is 1. The van der Waals surface area contributed by atoms with E-state index in [1.54, 1.807) is 11.3 Å². The molecule has 0 saturated heterocycles. The number of benzene rings is 1. The fraction of sp³-hybridized carbons (Fsp3) is 0.312. The molecular formula is C16H15BrClNOS. The number of carbonyl (C=O) groups is 1. The Balaban J connectivity index is 1.95. The van der Waals surface area contributed by atoms with E-state index < -0.39 is 0 Å². The minimum absolute atomic E-state index is 0.0907. The van der Waals surface area contributed by atoms with Crippen molar-refractivity contribution in [1.82, 2.24) is 0 Å². The normalized spacial score (nSPS) is 16.0. The quantitative estimate of drug-likeness (QED) is 0.683. The van der Waals surface area contributed by atoms with Crippen molar-refractivity contribution in [3.8, 4) is 0 Å². The van der Waals surface area contributed by atoms with Gasteiger partial charge in [-0.2, -0.15) is 0 Å².